The lowest BCUT2D eigenvalue weighted by atomic mass is 10.2. The van der Waals surface area contributed by atoms with Crippen LogP contribution in [0.5, 0.6) is 0 Å². The Bertz CT molecular complexity index is 561. The normalized spacial score (nSPS) is 19.4. The van der Waals surface area contributed by atoms with Gasteiger partial charge in [-0.15, -0.1) is 0 Å². The van der Waals surface area contributed by atoms with Crippen molar-refractivity contribution in [3.05, 3.63) is 0 Å². The van der Waals surface area contributed by atoms with Crippen LogP contribution in [0.25, 0.3) is 0 Å². The van der Waals surface area contributed by atoms with Crippen molar-refractivity contribution in [3.8, 4) is 0 Å². The Labute approximate surface area is 166 Å². The maximum atomic E-state index is 12.3. The van der Waals surface area contributed by atoms with Crippen LogP contribution in [0.3, 0.4) is 0 Å². The maximum Gasteiger partial charge on any atom is 0.410 e. The third-order valence-corrected chi connectivity index (χ3v) is 4.65. The number of rotatable bonds is 6. The summed E-state index contributed by atoms with van der Waals surface area (Å²) >= 11 is 0. The van der Waals surface area contributed by atoms with Gasteiger partial charge in [-0.3, -0.25) is 9.59 Å². The van der Waals surface area contributed by atoms with Crippen molar-refractivity contribution in [1.29, 1.82) is 0 Å². The van der Waals surface area contributed by atoms with Crippen LogP contribution >= 0.6 is 0 Å². The SMILES string of the molecule is CC(C)(C)OC(=O)N1CCN(C(=O)CCC(=O)NCCC2(C)OCCO2)CC1. The first-order valence-corrected chi connectivity index (χ1v) is 9.88. The lowest BCUT2D eigenvalue weighted by Gasteiger charge is -2.35. The van der Waals surface area contributed by atoms with Gasteiger partial charge in [-0.1, -0.05) is 0 Å². The molecular formula is C19H33N3O6. The number of amides is 3. The molecule has 0 unspecified atom stereocenters. The predicted octanol–water partition coefficient (Wildman–Crippen LogP) is 1.12. The molecule has 2 aliphatic heterocycles. The fourth-order valence-corrected chi connectivity index (χ4v) is 3.06. The maximum absolute atomic E-state index is 12.3. The molecule has 0 atom stereocenters. The second-order valence-electron chi connectivity index (χ2n) is 8.28. The molecule has 2 aliphatic rings. The average molecular weight is 399 g/mol. The topological polar surface area (TPSA) is 97.4 Å². The lowest BCUT2D eigenvalue weighted by molar-refractivity contribution is -0.146. The van der Waals surface area contributed by atoms with Gasteiger partial charge in [-0.2, -0.15) is 0 Å². The van der Waals surface area contributed by atoms with Crippen LogP contribution in [-0.4, -0.2) is 85.0 Å². The Morgan fingerprint density at radius 3 is 2.14 bits per heavy atom. The summed E-state index contributed by atoms with van der Waals surface area (Å²) in [5, 5.41) is 2.80. The van der Waals surface area contributed by atoms with E-state index in [1.807, 2.05) is 27.7 Å². The lowest BCUT2D eigenvalue weighted by Crippen LogP contribution is -2.51. The molecule has 0 bridgehead atoms. The fourth-order valence-electron chi connectivity index (χ4n) is 3.06. The molecule has 0 saturated carbocycles. The van der Waals surface area contributed by atoms with Crippen molar-refractivity contribution in [2.24, 2.45) is 0 Å². The van der Waals surface area contributed by atoms with Crippen molar-refractivity contribution >= 4 is 17.9 Å². The molecule has 2 fully saturated rings. The van der Waals surface area contributed by atoms with E-state index in [0.717, 1.165) is 0 Å². The Kier molecular flexibility index (Phi) is 7.65. The Morgan fingerprint density at radius 1 is 1.00 bits per heavy atom. The van der Waals surface area contributed by atoms with Crippen molar-refractivity contribution in [1.82, 2.24) is 15.1 Å². The van der Waals surface area contributed by atoms with Gasteiger partial charge in [0.15, 0.2) is 5.79 Å². The second-order valence-corrected chi connectivity index (χ2v) is 8.28. The molecule has 9 nitrogen and oxygen atoms in total. The number of ether oxygens (including phenoxy) is 3. The van der Waals surface area contributed by atoms with Crippen LogP contribution in [0.2, 0.25) is 0 Å². The predicted molar refractivity (Wildman–Crippen MR) is 102 cm³/mol. The minimum absolute atomic E-state index is 0.0755. The summed E-state index contributed by atoms with van der Waals surface area (Å²) in [7, 11) is 0. The van der Waals surface area contributed by atoms with E-state index in [2.05, 4.69) is 5.32 Å². The van der Waals surface area contributed by atoms with Gasteiger partial charge in [-0.25, -0.2) is 4.79 Å². The average Bonchev–Trinajstić information content (AvgIpc) is 3.05. The third kappa shape index (κ3) is 7.27. The van der Waals surface area contributed by atoms with Crippen molar-refractivity contribution < 1.29 is 28.6 Å². The smallest absolute Gasteiger partial charge is 0.410 e. The summed E-state index contributed by atoms with van der Waals surface area (Å²) in [5.41, 5.74) is -0.537. The number of carbonyl (C=O) groups excluding carboxylic acids is 3. The zero-order valence-electron chi connectivity index (χ0n) is 17.4. The van der Waals surface area contributed by atoms with E-state index in [-0.39, 0.29) is 30.7 Å². The molecule has 3 amide bonds. The highest BCUT2D eigenvalue weighted by Gasteiger charge is 2.30. The van der Waals surface area contributed by atoms with Crippen LogP contribution in [0.4, 0.5) is 4.79 Å². The Balaban J connectivity index is 1.61. The van der Waals surface area contributed by atoms with E-state index in [1.54, 1.807) is 9.80 Å². The highest BCUT2D eigenvalue weighted by atomic mass is 16.7. The summed E-state index contributed by atoms with van der Waals surface area (Å²) in [6.07, 6.45) is 0.508. The molecule has 2 rings (SSSR count). The van der Waals surface area contributed by atoms with Crippen LogP contribution in [-0.2, 0) is 23.8 Å². The van der Waals surface area contributed by atoms with Crippen LogP contribution in [0.15, 0.2) is 0 Å². The van der Waals surface area contributed by atoms with Gasteiger partial charge in [0.2, 0.25) is 11.8 Å². The van der Waals surface area contributed by atoms with Crippen LogP contribution in [0.1, 0.15) is 47.0 Å². The Hall–Kier alpha value is -1.87. The van der Waals surface area contributed by atoms with Gasteiger partial charge in [0, 0.05) is 52.0 Å². The number of nitrogens with one attached hydrogen (secondary N) is 1. The molecule has 0 aromatic carbocycles. The number of piperazine rings is 1. The zero-order valence-corrected chi connectivity index (χ0v) is 17.4. The number of hydrogen-bond donors (Lipinski definition) is 1. The first-order valence-electron chi connectivity index (χ1n) is 9.88. The molecule has 0 aliphatic carbocycles. The number of hydrogen-bond acceptors (Lipinski definition) is 6. The van der Waals surface area contributed by atoms with E-state index in [4.69, 9.17) is 14.2 Å². The van der Waals surface area contributed by atoms with Crippen molar-refractivity contribution in [2.45, 2.75) is 58.3 Å². The van der Waals surface area contributed by atoms with Gasteiger partial charge in [0.25, 0.3) is 0 Å². The minimum atomic E-state index is -0.628. The summed E-state index contributed by atoms with van der Waals surface area (Å²) in [6.45, 7) is 10.7. The van der Waals surface area contributed by atoms with Crippen LogP contribution < -0.4 is 5.32 Å². The van der Waals surface area contributed by atoms with Crippen molar-refractivity contribution in [3.63, 3.8) is 0 Å². The van der Waals surface area contributed by atoms with Gasteiger partial charge in [0.1, 0.15) is 5.60 Å². The second kappa shape index (κ2) is 9.56. The summed E-state index contributed by atoms with van der Waals surface area (Å²) < 4.78 is 16.3. The molecule has 28 heavy (non-hydrogen) atoms. The molecule has 0 radical (unpaired) electrons. The summed E-state index contributed by atoms with van der Waals surface area (Å²) in [4.78, 5) is 39.6. The highest BCUT2D eigenvalue weighted by Crippen LogP contribution is 2.21. The molecule has 160 valence electrons. The van der Waals surface area contributed by atoms with Crippen LogP contribution in [0, 0.1) is 0 Å². The molecule has 2 heterocycles. The van der Waals surface area contributed by atoms with E-state index >= 15 is 0 Å². The first-order chi connectivity index (χ1) is 13.1. The third-order valence-electron chi connectivity index (χ3n) is 4.65. The van der Waals surface area contributed by atoms with Gasteiger partial charge in [-0.05, 0) is 27.7 Å². The van der Waals surface area contributed by atoms with E-state index < -0.39 is 11.4 Å². The van der Waals surface area contributed by atoms with E-state index in [0.29, 0.717) is 52.4 Å². The monoisotopic (exact) mass is 399 g/mol. The Morgan fingerprint density at radius 2 is 1.57 bits per heavy atom. The molecule has 0 spiro atoms. The quantitative estimate of drug-likeness (QED) is 0.719. The van der Waals surface area contributed by atoms with E-state index in [9.17, 15) is 14.4 Å². The fraction of sp³-hybridized carbons (Fsp3) is 0.842. The minimum Gasteiger partial charge on any atom is -0.444 e. The molecular weight excluding hydrogens is 366 g/mol. The molecule has 0 aromatic heterocycles. The molecule has 2 saturated heterocycles. The van der Waals surface area contributed by atoms with Gasteiger partial charge < -0.3 is 29.3 Å². The summed E-state index contributed by atoms with van der Waals surface area (Å²) in [5.74, 6) is -0.868. The molecule has 0 aromatic rings. The highest BCUT2D eigenvalue weighted by molar-refractivity contribution is 5.84. The van der Waals surface area contributed by atoms with E-state index in [1.165, 1.54) is 0 Å². The first kappa shape index (κ1) is 22.4. The molecule has 9 heteroatoms. The number of carbonyl (C=O) groups is 3. The molecule has 1 N–H and O–H groups in total. The van der Waals surface area contributed by atoms with Gasteiger partial charge in [0.05, 0.1) is 13.2 Å². The largest absolute Gasteiger partial charge is 0.444 e. The summed E-state index contributed by atoms with van der Waals surface area (Å²) in [6, 6.07) is 0. The number of nitrogens with zero attached hydrogens (tertiary/aromatic N) is 2. The van der Waals surface area contributed by atoms with Crippen molar-refractivity contribution in [2.75, 3.05) is 45.9 Å². The standard InChI is InChI=1S/C19H33N3O6/c1-18(2,3)28-17(25)22-11-9-21(10-12-22)16(24)6-5-15(23)20-8-7-19(4)26-13-14-27-19/h5-14H2,1-4H3,(H,20,23). The van der Waals surface area contributed by atoms with Gasteiger partial charge >= 0.3 is 6.09 Å². The zero-order chi connectivity index (χ0) is 20.8.